The summed E-state index contributed by atoms with van der Waals surface area (Å²) in [7, 11) is 0. The van der Waals surface area contributed by atoms with Gasteiger partial charge in [0.2, 0.25) is 5.91 Å². The van der Waals surface area contributed by atoms with Gasteiger partial charge in [0.15, 0.2) is 5.84 Å². The maximum absolute atomic E-state index is 12.6. The van der Waals surface area contributed by atoms with Crippen molar-refractivity contribution in [2.24, 2.45) is 22.2 Å². The molecule has 0 aromatic carbocycles. The Morgan fingerprint density at radius 3 is 2.47 bits per heavy atom. The first-order valence-electron chi connectivity index (χ1n) is 6.84. The van der Waals surface area contributed by atoms with Crippen LogP contribution in [0.1, 0.15) is 40.0 Å². The summed E-state index contributed by atoms with van der Waals surface area (Å²) in [4.78, 5) is 12.6. The molecule has 0 bridgehead atoms. The number of amides is 1. The van der Waals surface area contributed by atoms with Gasteiger partial charge in [0.25, 0.3) is 0 Å². The van der Waals surface area contributed by atoms with Crippen molar-refractivity contribution in [2.45, 2.75) is 46.1 Å². The highest BCUT2D eigenvalue weighted by Gasteiger charge is 2.45. The second-order valence-electron chi connectivity index (χ2n) is 5.41. The first-order valence-corrected chi connectivity index (χ1v) is 6.84. The molecule has 0 aromatic heterocycles. The van der Waals surface area contributed by atoms with E-state index in [9.17, 15) is 4.79 Å². The first-order chi connectivity index (χ1) is 8.97. The summed E-state index contributed by atoms with van der Waals surface area (Å²) in [5.41, 5.74) is 4.83. The maximum atomic E-state index is 12.6. The summed E-state index contributed by atoms with van der Waals surface area (Å²) in [5, 5.41) is 15.0. The van der Waals surface area contributed by atoms with Crippen LogP contribution in [0, 0.1) is 11.3 Å². The molecule has 1 fully saturated rings. The highest BCUT2D eigenvalue weighted by molar-refractivity contribution is 6.06. The Morgan fingerprint density at radius 1 is 1.47 bits per heavy atom. The molecule has 1 saturated heterocycles. The fourth-order valence-corrected chi connectivity index (χ4v) is 2.46. The molecule has 6 nitrogen and oxygen atoms in total. The lowest BCUT2D eigenvalue weighted by Gasteiger charge is -2.36. The molecule has 1 heterocycles. The van der Waals surface area contributed by atoms with Gasteiger partial charge in [-0.05, 0) is 25.2 Å². The van der Waals surface area contributed by atoms with E-state index in [0.717, 1.165) is 6.42 Å². The second-order valence-corrected chi connectivity index (χ2v) is 5.41. The van der Waals surface area contributed by atoms with Crippen LogP contribution in [0.25, 0.3) is 0 Å². The third kappa shape index (κ3) is 3.37. The van der Waals surface area contributed by atoms with E-state index >= 15 is 0 Å². The van der Waals surface area contributed by atoms with E-state index in [4.69, 9.17) is 15.7 Å². The normalized spacial score (nSPS) is 21.2. The molecule has 19 heavy (non-hydrogen) atoms. The van der Waals surface area contributed by atoms with Gasteiger partial charge in [0.05, 0.1) is 0 Å². The number of nitrogens with two attached hydrogens (primary N) is 1. The summed E-state index contributed by atoms with van der Waals surface area (Å²) in [5.74, 6) is 0.164. The Morgan fingerprint density at radius 2 is 2.05 bits per heavy atom. The van der Waals surface area contributed by atoms with Crippen LogP contribution in [0.15, 0.2) is 5.16 Å². The Hall–Kier alpha value is -1.30. The van der Waals surface area contributed by atoms with Gasteiger partial charge >= 0.3 is 0 Å². The molecular weight excluding hydrogens is 246 g/mol. The third-order valence-corrected chi connectivity index (χ3v) is 3.94. The topological polar surface area (TPSA) is 96.9 Å². The number of hydrogen-bond acceptors (Lipinski definition) is 4. The summed E-state index contributed by atoms with van der Waals surface area (Å²) in [6.07, 6.45) is 1.75. The van der Waals surface area contributed by atoms with Crippen molar-refractivity contribution < 1.29 is 14.7 Å². The van der Waals surface area contributed by atoms with Crippen LogP contribution >= 0.6 is 0 Å². The lowest BCUT2D eigenvalue weighted by atomic mass is 9.77. The SMILES string of the molecule is CCC(NC(=O)C1(C(N)=NO)CCOCC1)C(C)C. The van der Waals surface area contributed by atoms with Crippen molar-refractivity contribution in [2.75, 3.05) is 13.2 Å². The van der Waals surface area contributed by atoms with Gasteiger partial charge in [0, 0.05) is 19.3 Å². The Kier molecular flexibility index (Phi) is 5.60. The van der Waals surface area contributed by atoms with E-state index in [0.29, 0.717) is 32.0 Å². The quantitative estimate of drug-likeness (QED) is 0.302. The zero-order valence-electron chi connectivity index (χ0n) is 12.0. The molecule has 110 valence electrons. The predicted octanol–water partition coefficient (Wildman–Crippen LogP) is 1.08. The summed E-state index contributed by atoms with van der Waals surface area (Å²) < 4.78 is 5.28. The molecule has 1 unspecified atom stereocenters. The first kappa shape index (κ1) is 15.8. The number of carbonyl (C=O) groups is 1. The minimum Gasteiger partial charge on any atom is -0.409 e. The number of nitrogens with one attached hydrogen (secondary N) is 1. The highest BCUT2D eigenvalue weighted by atomic mass is 16.5. The molecule has 0 radical (unpaired) electrons. The highest BCUT2D eigenvalue weighted by Crippen LogP contribution is 2.31. The van der Waals surface area contributed by atoms with Crippen LogP contribution in [-0.4, -0.2) is 36.2 Å². The Labute approximate surface area is 114 Å². The average Bonchev–Trinajstić information content (AvgIpc) is 2.43. The van der Waals surface area contributed by atoms with Gasteiger partial charge in [-0.15, -0.1) is 0 Å². The molecule has 1 aliphatic rings. The molecule has 1 aliphatic heterocycles. The van der Waals surface area contributed by atoms with Crippen LogP contribution in [-0.2, 0) is 9.53 Å². The molecule has 1 rings (SSSR count). The molecule has 0 saturated carbocycles. The van der Waals surface area contributed by atoms with Crippen LogP contribution in [0.3, 0.4) is 0 Å². The van der Waals surface area contributed by atoms with E-state index < -0.39 is 5.41 Å². The Balaban J connectivity index is 2.89. The van der Waals surface area contributed by atoms with Crippen LogP contribution in [0.5, 0.6) is 0 Å². The minimum atomic E-state index is -0.935. The standard InChI is InChI=1S/C13H25N3O3/c1-4-10(9(2)3)15-12(17)13(11(14)16-18)5-7-19-8-6-13/h9-10,18H,4-8H2,1-3H3,(H2,14,16)(H,15,17). The van der Waals surface area contributed by atoms with Crippen LogP contribution in [0.2, 0.25) is 0 Å². The summed E-state index contributed by atoms with van der Waals surface area (Å²) in [6, 6.07) is 0.0960. The number of oxime groups is 1. The van der Waals surface area contributed by atoms with Crippen molar-refractivity contribution in [3.05, 3.63) is 0 Å². The van der Waals surface area contributed by atoms with Crippen LogP contribution < -0.4 is 11.1 Å². The lowest BCUT2D eigenvalue weighted by Crippen LogP contribution is -2.55. The molecule has 1 amide bonds. The van der Waals surface area contributed by atoms with Crippen LogP contribution in [0.4, 0.5) is 0 Å². The van der Waals surface area contributed by atoms with E-state index in [1.165, 1.54) is 0 Å². The second kappa shape index (κ2) is 6.75. The Bertz CT molecular complexity index is 336. The van der Waals surface area contributed by atoms with Gasteiger partial charge in [-0.1, -0.05) is 25.9 Å². The van der Waals surface area contributed by atoms with Crippen molar-refractivity contribution >= 4 is 11.7 Å². The maximum Gasteiger partial charge on any atom is 0.234 e. The van der Waals surface area contributed by atoms with Crippen molar-refractivity contribution in [3.63, 3.8) is 0 Å². The minimum absolute atomic E-state index is 0.0214. The fraction of sp³-hybridized carbons (Fsp3) is 0.846. The van der Waals surface area contributed by atoms with E-state index in [1.807, 2.05) is 6.92 Å². The number of amidine groups is 1. The van der Waals surface area contributed by atoms with Gasteiger partial charge in [-0.25, -0.2) is 0 Å². The number of carbonyl (C=O) groups excluding carboxylic acids is 1. The largest absolute Gasteiger partial charge is 0.409 e. The lowest BCUT2D eigenvalue weighted by molar-refractivity contribution is -0.132. The number of rotatable bonds is 5. The smallest absolute Gasteiger partial charge is 0.234 e. The number of hydrogen-bond donors (Lipinski definition) is 3. The van der Waals surface area contributed by atoms with Gasteiger partial charge in [0.1, 0.15) is 5.41 Å². The monoisotopic (exact) mass is 271 g/mol. The van der Waals surface area contributed by atoms with Crippen molar-refractivity contribution in [3.8, 4) is 0 Å². The summed E-state index contributed by atoms with van der Waals surface area (Å²) in [6.45, 7) is 7.05. The molecule has 0 aliphatic carbocycles. The molecule has 0 aromatic rings. The number of nitrogens with zero attached hydrogens (tertiary/aromatic N) is 1. The zero-order valence-corrected chi connectivity index (χ0v) is 12.0. The van der Waals surface area contributed by atoms with Gasteiger partial charge in [-0.3, -0.25) is 4.79 Å². The average molecular weight is 271 g/mol. The molecular formula is C13H25N3O3. The third-order valence-electron chi connectivity index (χ3n) is 3.94. The zero-order chi connectivity index (χ0) is 14.5. The predicted molar refractivity (Wildman–Crippen MR) is 73.0 cm³/mol. The van der Waals surface area contributed by atoms with E-state index in [1.54, 1.807) is 0 Å². The van der Waals surface area contributed by atoms with Crippen molar-refractivity contribution in [1.29, 1.82) is 0 Å². The van der Waals surface area contributed by atoms with Gasteiger partial charge in [-0.2, -0.15) is 0 Å². The van der Waals surface area contributed by atoms with Crippen molar-refractivity contribution in [1.82, 2.24) is 5.32 Å². The molecule has 0 spiro atoms. The molecule has 6 heteroatoms. The molecule has 1 atom stereocenters. The van der Waals surface area contributed by atoms with E-state index in [-0.39, 0.29) is 17.8 Å². The van der Waals surface area contributed by atoms with E-state index in [2.05, 4.69) is 24.3 Å². The summed E-state index contributed by atoms with van der Waals surface area (Å²) >= 11 is 0. The van der Waals surface area contributed by atoms with Gasteiger partial charge < -0.3 is 21.0 Å². The fourth-order valence-electron chi connectivity index (χ4n) is 2.46. The molecule has 4 N–H and O–H groups in total. The number of ether oxygens (including phenoxy) is 1.